The molecule has 0 radical (unpaired) electrons. The number of carbonyl (C=O) groups excluding carboxylic acids is 2. The van der Waals surface area contributed by atoms with Crippen molar-refractivity contribution in [1.29, 1.82) is 0 Å². The molecule has 1 unspecified atom stereocenters. The predicted molar refractivity (Wildman–Crippen MR) is 49.4 cm³/mol. The van der Waals surface area contributed by atoms with E-state index in [2.05, 4.69) is 10.6 Å². The fourth-order valence-corrected chi connectivity index (χ4v) is 0.612. The van der Waals surface area contributed by atoms with Crippen molar-refractivity contribution in [1.82, 2.24) is 10.6 Å². The molecule has 6 nitrogen and oxygen atoms in total. The van der Waals surface area contributed by atoms with Crippen molar-refractivity contribution in [2.24, 2.45) is 0 Å². The van der Waals surface area contributed by atoms with Gasteiger partial charge in [0.05, 0.1) is 13.2 Å². The number of amides is 2. The van der Waals surface area contributed by atoms with Gasteiger partial charge in [0.1, 0.15) is 5.60 Å². The van der Waals surface area contributed by atoms with Crippen molar-refractivity contribution >= 4 is 11.8 Å². The van der Waals surface area contributed by atoms with E-state index in [-0.39, 0.29) is 19.0 Å². The molecule has 14 heavy (non-hydrogen) atoms. The van der Waals surface area contributed by atoms with Gasteiger partial charge in [-0.15, -0.1) is 0 Å². The minimum Gasteiger partial charge on any atom is -0.393 e. The Balaban J connectivity index is 3.69. The molecule has 0 spiro atoms. The van der Waals surface area contributed by atoms with Gasteiger partial charge in [-0.1, -0.05) is 0 Å². The molecule has 0 saturated heterocycles. The molecule has 6 heteroatoms. The lowest BCUT2D eigenvalue weighted by Crippen LogP contribution is -2.46. The summed E-state index contributed by atoms with van der Waals surface area (Å²) >= 11 is 0. The van der Waals surface area contributed by atoms with Gasteiger partial charge in [-0.2, -0.15) is 0 Å². The van der Waals surface area contributed by atoms with Crippen LogP contribution in [-0.4, -0.2) is 47.3 Å². The Morgan fingerprint density at radius 2 is 1.93 bits per heavy atom. The lowest BCUT2D eigenvalue weighted by molar-refractivity contribution is -0.125. The fraction of sp³-hybridized carbons (Fsp3) is 0.750. The van der Waals surface area contributed by atoms with Crippen LogP contribution in [-0.2, 0) is 9.59 Å². The summed E-state index contributed by atoms with van der Waals surface area (Å²) in [6.07, 6.45) is 0. The van der Waals surface area contributed by atoms with Crippen molar-refractivity contribution in [2.45, 2.75) is 19.4 Å². The van der Waals surface area contributed by atoms with Crippen LogP contribution in [0.3, 0.4) is 0 Å². The van der Waals surface area contributed by atoms with Gasteiger partial charge in [-0.25, -0.2) is 0 Å². The first-order valence-corrected chi connectivity index (χ1v) is 4.22. The first-order chi connectivity index (χ1) is 6.37. The van der Waals surface area contributed by atoms with Crippen LogP contribution in [0.15, 0.2) is 0 Å². The van der Waals surface area contributed by atoms with Crippen LogP contribution >= 0.6 is 0 Å². The SMILES string of the molecule is CC(=O)NCC(=O)NCC(C)(O)CO. The highest BCUT2D eigenvalue weighted by Gasteiger charge is 2.19. The average molecular weight is 204 g/mol. The van der Waals surface area contributed by atoms with Crippen molar-refractivity contribution in [3.05, 3.63) is 0 Å². The van der Waals surface area contributed by atoms with Crippen molar-refractivity contribution < 1.29 is 19.8 Å². The summed E-state index contributed by atoms with van der Waals surface area (Å²) in [5, 5.41) is 22.6. The third-order valence-electron chi connectivity index (χ3n) is 1.50. The standard InChI is InChI=1S/C8H16N2O4/c1-6(12)9-3-7(13)10-4-8(2,14)5-11/h11,14H,3-5H2,1-2H3,(H,9,12)(H,10,13). The van der Waals surface area contributed by atoms with E-state index in [1.807, 2.05) is 0 Å². The number of nitrogens with one attached hydrogen (secondary N) is 2. The second kappa shape index (κ2) is 5.56. The van der Waals surface area contributed by atoms with E-state index in [4.69, 9.17) is 5.11 Å². The predicted octanol–water partition coefficient (Wildman–Crippen LogP) is -2.02. The molecule has 0 aliphatic carbocycles. The Labute approximate surface area is 82.3 Å². The summed E-state index contributed by atoms with van der Waals surface area (Å²) in [6, 6.07) is 0. The van der Waals surface area contributed by atoms with Crippen LogP contribution in [0.1, 0.15) is 13.8 Å². The lowest BCUT2D eigenvalue weighted by atomic mass is 10.1. The molecule has 0 fully saturated rings. The molecular weight excluding hydrogens is 188 g/mol. The Bertz CT molecular complexity index is 215. The number of aliphatic hydroxyl groups excluding tert-OH is 1. The molecule has 0 rings (SSSR count). The van der Waals surface area contributed by atoms with E-state index < -0.39 is 18.1 Å². The van der Waals surface area contributed by atoms with E-state index in [9.17, 15) is 14.7 Å². The largest absolute Gasteiger partial charge is 0.393 e. The van der Waals surface area contributed by atoms with Crippen molar-refractivity contribution in [3.8, 4) is 0 Å². The zero-order valence-corrected chi connectivity index (χ0v) is 8.33. The average Bonchev–Trinajstić information content (AvgIpc) is 2.11. The van der Waals surface area contributed by atoms with Gasteiger partial charge in [0.25, 0.3) is 0 Å². The Kier molecular flexibility index (Phi) is 5.11. The summed E-state index contributed by atoms with van der Waals surface area (Å²) in [5.74, 6) is -0.706. The van der Waals surface area contributed by atoms with Crippen LogP contribution in [0, 0.1) is 0 Å². The van der Waals surface area contributed by atoms with Crippen LogP contribution in [0.25, 0.3) is 0 Å². The number of carbonyl (C=O) groups is 2. The van der Waals surface area contributed by atoms with Gasteiger partial charge in [-0.05, 0) is 6.92 Å². The smallest absolute Gasteiger partial charge is 0.239 e. The van der Waals surface area contributed by atoms with E-state index in [1.165, 1.54) is 13.8 Å². The number of rotatable bonds is 5. The fourth-order valence-electron chi connectivity index (χ4n) is 0.612. The quantitative estimate of drug-likeness (QED) is 0.415. The zero-order valence-electron chi connectivity index (χ0n) is 8.33. The molecule has 1 atom stereocenters. The van der Waals surface area contributed by atoms with E-state index in [0.29, 0.717) is 0 Å². The van der Waals surface area contributed by atoms with Crippen molar-refractivity contribution in [2.75, 3.05) is 19.7 Å². The van der Waals surface area contributed by atoms with Gasteiger partial charge < -0.3 is 20.8 Å². The third kappa shape index (κ3) is 6.38. The van der Waals surface area contributed by atoms with Crippen LogP contribution in [0.2, 0.25) is 0 Å². The van der Waals surface area contributed by atoms with Gasteiger partial charge in [0.2, 0.25) is 11.8 Å². The third-order valence-corrected chi connectivity index (χ3v) is 1.50. The molecule has 4 N–H and O–H groups in total. The molecule has 0 aliphatic heterocycles. The van der Waals surface area contributed by atoms with E-state index in [1.54, 1.807) is 0 Å². The molecule has 0 saturated carbocycles. The maximum absolute atomic E-state index is 11.0. The molecule has 2 amide bonds. The molecule has 82 valence electrons. The number of hydrogen-bond donors (Lipinski definition) is 4. The summed E-state index contributed by atoms with van der Waals surface area (Å²) in [5.41, 5.74) is -1.33. The summed E-state index contributed by atoms with van der Waals surface area (Å²) < 4.78 is 0. The molecule has 0 heterocycles. The van der Waals surface area contributed by atoms with Crippen LogP contribution in [0.5, 0.6) is 0 Å². The Morgan fingerprint density at radius 3 is 2.36 bits per heavy atom. The van der Waals surface area contributed by atoms with Crippen LogP contribution in [0.4, 0.5) is 0 Å². The number of aliphatic hydroxyl groups is 2. The minimum atomic E-state index is -1.33. The molecule has 0 aromatic carbocycles. The van der Waals surface area contributed by atoms with Gasteiger partial charge in [-0.3, -0.25) is 9.59 Å². The monoisotopic (exact) mass is 204 g/mol. The minimum absolute atomic E-state index is 0.0537. The van der Waals surface area contributed by atoms with Gasteiger partial charge >= 0.3 is 0 Å². The summed E-state index contributed by atoms with van der Waals surface area (Å²) in [7, 11) is 0. The topological polar surface area (TPSA) is 98.7 Å². The summed E-state index contributed by atoms with van der Waals surface area (Å²) in [6.45, 7) is 2.08. The molecule has 0 aliphatic rings. The highest BCUT2D eigenvalue weighted by Crippen LogP contribution is 1.97. The first-order valence-electron chi connectivity index (χ1n) is 4.22. The maximum atomic E-state index is 11.0. The maximum Gasteiger partial charge on any atom is 0.239 e. The molecular formula is C8H16N2O4. The number of hydrogen-bond acceptors (Lipinski definition) is 4. The van der Waals surface area contributed by atoms with Gasteiger partial charge in [0.15, 0.2) is 0 Å². The second-order valence-corrected chi connectivity index (χ2v) is 3.34. The Morgan fingerprint density at radius 1 is 1.36 bits per heavy atom. The first kappa shape index (κ1) is 12.9. The molecule has 0 aromatic heterocycles. The molecule has 0 aromatic rings. The van der Waals surface area contributed by atoms with Crippen LogP contribution < -0.4 is 10.6 Å². The van der Waals surface area contributed by atoms with Crippen molar-refractivity contribution in [3.63, 3.8) is 0 Å². The zero-order chi connectivity index (χ0) is 11.2. The Hall–Kier alpha value is -1.14. The summed E-state index contributed by atoms with van der Waals surface area (Å²) in [4.78, 5) is 21.4. The van der Waals surface area contributed by atoms with E-state index >= 15 is 0 Å². The van der Waals surface area contributed by atoms with Gasteiger partial charge in [0, 0.05) is 13.5 Å². The lowest BCUT2D eigenvalue weighted by Gasteiger charge is -2.20. The highest BCUT2D eigenvalue weighted by molar-refractivity contribution is 5.83. The van der Waals surface area contributed by atoms with E-state index in [0.717, 1.165) is 0 Å². The molecule has 0 bridgehead atoms. The second-order valence-electron chi connectivity index (χ2n) is 3.34. The normalized spacial score (nSPS) is 14.3. The highest BCUT2D eigenvalue weighted by atomic mass is 16.3.